The van der Waals surface area contributed by atoms with Crippen molar-refractivity contribution < 1.29 is 4.79 Å². The van der Waals surface area contributed by atoms with E-state index in [-0.39, 0.29) is 12.1 Å². The lowest BCUT2D eigenvalue weighted by molar-refractivity contribution is 0.163. The summed E-state index contributed by atoms with van der Waals surface area (Å²) in [4.78, 5) is 19.1. The minimum atomic E-state index is -0.117. The molecule has 1 aliphatic rings. The third-order valence-electron chi connectivity index (χ3n) is 4.78. The number of piperidine rings is 1. The number of thiazole rings is 1. The fourth-order valence-corrected chi connectivity index (χ4v) is 4.88. The fourth-order valence-electron chi connectivity index (χ4n) is 3.34. The predicted octanol–water partition coefficient (Wildman–Crippen LogP) is 4.65. The van der Waals surface area contributed by atoms with Crippen LogP contribution in [0, 0.1) is 6.92 Å². The monoisotopic (exact) mass is 399 g/mol. The van der Waals surface area contributed by atoms with Crippen LogP contribution < -0.4 is 5.32 Å². The van der Waals surface area contributed by atoms with Gasteiger partial charge < -0.3 is 4.90 Å². The van der Waals surface area contributed by atoms with Crippen LogP contribution >= 0.6 is 22.7 Å². The van der Waals surface area contributed by atoms with Crippen LogP contribution in [-0.4, -0.2) is 32.7 Å². The van der Waals surface area contributed by atoms with E-state index in [1.54, 1.807) is 17.5 Å². The number of hydrogen-bond donors (Lipinski definition) is 1. The van der Waals surface area contributed by atoms with Crippen LogP contribution in [0.2, 0.25) is 0 Å². The van der Waals surface area contributed by atoms with Gasteiger partial charge in [0.05, 0.1) is 6.04 Å². The first kappa shape index (κ1) is 18.1. The van der Waals surface area contributed by atoms with Gasteiger partial charge in [-0.1, -0.05) is 35.6 Å². The summed E-state index contributed by atoms with van der Waals surface area (Å²) in [6.07, 6.45) is 5.62. The Balaban J connectivity index is 1.43. The van der Waals surface area contributed by atoms with Crippen molar-refractivity contribution in [2.24, 2.45) is 0 Å². The number of carbonyl (C=O) groups excluding carboxylic acids is 1. The number of hydrogen-bond acceptors (Lipinski definition) is 6. The van der Waals surface area contributed by atoms with Crippen LogP contribution in [0.25, 0.3) is 0 Å². The van der Waals surface area contributed by atoms with Crippen molar-refractivity contribution in [3.63, 3.8) is 0 Å². The van der Waals surface area contributed by atoms with E-state index in [0.29, 0.717) is 5.13 Å². The topological polar surface area (TPSA) is 71.0 Å². The highest BCUT2D eigenvalue weighted by Crippen LogP contribution is 2.32. The Morgan fingerprint density at radius 3 is 3.00 bits per heavy atom. The Labute approximate surface area is 166 Å². The molecule has 0 saturated carbocycles. The minimum absolute atomic E-state index is 0.0538. The number of urea groups is 1. The molecule has 1 saturated heterocycles. The van der Waals surface area contributed by atoms with Gasteiger partial charge in [-0.2, -0.15) is 0 Å². The molecule has 27 heavy (non-hydrogen) atoms. The molecule has 8 heteroatoms. The first-order valence-electron chi connectivity index (χ1n) is 9.04. The zero-order valence-electron chi connectivity index (χ0n) is 15.1. The number of nitrogens with zero attached hydrogens (tertiary/aromatic N) is 4. The standard InChI is InChI=1S/C19H21N5OS2/c1-13-6-2-3-7-14(13)12-16-22-23-18(27-16)21-19(25)24-10-5-4-8-15(24)17-20-9-11-26-17/h2-3,6-7,9,11,15H,4-5,8,10,12H2,1H3,(H,21,23,25)/t15-/m0/s1. The van der Waals surface area contributed by atoms with Crippen molar-refractivity contribution in [2.45, 2.75) is 38.6 Å². The molecule has 0 unspecified atom stereocenters. The van der Waals surface area contributed by atoms with Crippen molar-refractivity contribution in [3.8, 4) is 0 Å². The highest BCUT2D eigenvalue weighted by molar-refractivity contribution is 7.15. The van der Waals surface area contributed by atoms with Crippen LogP contribution in [-0.2, 0) is 6.42 Å². The molecule has 0 radical (unpaired) electrons. The number of anilines is 1. The summed E-state index contributed by atoms with van der Waals surface area (Å²) in [5.41, 5.74) is 2.46. The molecule has 1 aromatic carbocycles. The molecule has 0 spiro atoms. The minimum Gasteiger partial charge on any atom is -0.315 e. The molecule has 1 fully saturated rings. The number of carbonyl (C=O) groups is 1. The average Bonchev–Trinajstić information content (AvgIpc) is 3.36. The van der Waals surface area contributed by atoms with Gasteiger partial charge in [0.1, 0.15) is 10.0 Å². The first-order valence-corrected chi connectivity index (χ1v) is 10.7. The lowest BCUT2D eigenvalue weighted by Crippen LogP contribution is -2.41. The third kappa shape index (κ3) is 4.17. The van der Waals surface area contributed by atoms with Gasteiger partial charge >= 0.3 is 6.03 Å². The van der Waals surface area contributed by atoms with Crippen LogP contribution in [0.3, 0.4) is 0 Å². The van der Waals surface area contributed by atoms with Gasteiger partial charge in [-0.05, 0) is 37.3 Å². The number of likely N-dealkylation sites (tertiary alicyclic amines) is 1. The zero-order chi connectivity index (χ0) is 18.6. The summed E-state index contributed by atoms with van der Waals surface area (Å²) in [5, 5.41) is 15.7. The van der Waals surface area contributed by atoms with E-state index in [1.165, 1.54) is 22.5 Å². The van der Waals surface area contributed by atoms with E-state index in [0.717, 1.165) is 42.2 Å². The van der Waals surface area contributed by atoms with Crippen LogP contribution in [0.5, 0.6) is 0 Å². The lowest BCUT2D eigenvalue weighted by Gasteiger charge is -2.34. The number of aromatic nitrogens is 3. The molecule has 2 amide bonds. The summed E-state index contributed by atoms with van der Waals surface area (Å²) < 4.78 is 0. The van der Waals surface area contributed by atoms with Gasteiger partial charge in [0.2, 0.25) is 5.13 Å². The fraction of sp³-hybridized carbons (Fsp3) is 0.368. The Kier molecular flexibility index (Phi) is 5.45. The van der Waals surface area contributed by atoms with Crippen molar-refractivity contribution in [2.75, 3.05) is 11.9 Å². The van der Waals surface area contributed by atoms with Crippen molar-refractivity contribution >= 4 is 33.8 Å². The molecule has 0 bridgehead atoms. The maximum absolute atomic E-state index is 12.8. The molecule has 6 nitrogen and oxygen atoms in total. The summed E-state index contributed by atoms with van der Waals surface area (Å²) >= 11 is 3.04. The summed E-state index contributed by atoms with van der Waals surface area (Å²) in [5.74, 6) is 0. The van der Waals surface area contributed by atoms with Crippen LogP contribution in [0.15, 0.2) is 35.8 Å². The number of aryl methyl sites for hydroxylation is 1. The van der Waals surface area contributed by atoms with E-state index in [9.17, 15) is 4.79 Å². The molecular weight excluding hydrogens is 378 g/mol. The molecule has 3 heterocycles. The summed E-state index contributed by atoms with van der Waals surface area (Å²) in [6.45, 7) is 2.83. The SMILES string of the molecule is Cc1ccccc1Cc1nnc(NC(=O)N2CCCC[C@H]2c2nccs2)s1. The molecule has 4 rings (SSSR count). The lowest BCUT2D eigenvalue weighted by atomic mass is 10.0. The summed E-state index contributed by atoms with van der Waals surface area (Å²) in [6, 6.07) is 8.19. The second-order valence-electron chi connectivity index (χ2n) is 6.61. The zero-order valence-corrected chi connectivity index (χ0v) is 16.7. The number of benzene rings is 1. The quantitative estimate of drug-likeness (QED) is 0.693. The maximum Gasteiger partial charge on any atom is 0.324 e. The molecule has 1 aliphatic heterocycles. The Morgan fingerprint density at radius 2 is 2.19 bits per heavy atom. The predicted molar refractivity (Wildman–Crippen MR) is 108 cm³/mol. The molecule has 0 aliphatic carbocycles. The highest BCUT2D eigenvalue weighted by atomic mass is 32.1. The number of amides is 2. The smallest absolute Gasteiger partial charge is 0.315 e. The third-order valence-corrected chi connectivity index (χ3v) is 6.50. The van der Waals surface area contributed by atoms with E-state index in [2.05, 4.69) is 39.6 Å². The molecule has 1 atom stereocenters. The van der Waals surface area contributed by atoms with Gasteiger partial charge in [0.25, 0.3) is 0 Å². The van der Waals surface area contributed by atoms with Gasteiger partial charge in [-0.25, -0.2) is 9.78 Å². The second kappa shape index (κ2) is 8.14. The van der Waals surface area contributed by atoms with Crippen molar-refractivity contribution in [3.05, 3.63) is 57.0 Å². The number of nitrogens with one attached hydrogen (secondary N) is 1. The van der Waals surface area contributed by atoms with Crippen LogP contribution in [0.4, 0.5) is 9.93 Å². The molecule has 3 aromatic rings. The van der Waals surface area contributed by atoms with Crippen LogP contribution in [0.1, 0.15) is 46.4 Å². The van der Waals surface area contributed by atoms with Gasteiger partial charge in [-0.3, -0.25) is 5.32 Å². The van der Waals surface area contributed by atoms with E-state index < -0.39 is 0 Å². The van der Waals surface area contributed by atoms with Gasteiger partial charge in [0, 0.05) is 24.5 Å². The largest absolute Gasteiger partial charge is 0.324 e. The van der Waals surface area contributed by atoms with Gasteiger partial charge in [-0.15, -0.1) is 21.5 Å². The van der Waals surface area contributed by atoms with E-state index in [1.807, 2.05) is 22.4 Å². The average molecular weight is 400 g/mol. The summed E-state index contributed by atoms with van der Waals surface area (Å²) in [7, 11) is 0. The first-order chi connectivity index (χ1) is 13.2. The second-order valence-corrected chi connectivity index (χ2v) is 8.60. The Hall–Kier alpha value is -2.32. The number of rotatable bonds is 4. The normalized spacial score (nSPS) is 17.1. The molecule has 1 N–H and O–H groups in total. The van der Waals surface area contributed by atoms with E-state index in [4.69, 9.17) is 0 Å². The molecule has 2 aromatic heterocycles. The highest BCUT2D eigenvalue weighted by Gasteiger charge is 2.30. The van der Waals surface area contributed by atoms with Crippen molar-refractivity contribution in [1.82, 2.24) is 20.1 Å². The van der Waals surface area contributed by atoms with E-state index >= 15 is 0 Å². The van der Waals surface area contributed by atoms with Gasteiger partial charge in [0.15, 0.2) is 0 Å². The Bertz CT molecular complexity index is 908. The van der Waals surface area contributed by atoms with Crippen molar-refractivity contribution in [1.29, 1.82) is 0 Å². The molecule has 140 valence electrons. The Morgan fingerprint density at radius 1 is 1.30 bits per heavy atom. The maximum atomic E-state index is 12.8. The molecular formula is C19H21N5OS2.